The standard InChI is InChI=1S/C28H37ClN2O4/c1-3-26(28(33)30-23-8-5-4-6-9-23)31(20-21-11-13-22(29)14-12-21)27(32)10-7-19-35-25-17-15-24(34-2)16-18-25/h11-18,23,26H,3-10,19-20H2,1-2H3,(H,30,33)/t26-/m0/s1. The lowest BCUT2D eigenvalue weighted by Crippen LogP contribution is -2.51. The van der Waals surface area contributed by atoms with Crippen molar-refractivity contribution in [2.75, 3.05) is 13.7 Å². The number of nitrogens with zero attached hydrogens (tertiary/aromatic N) is 1. The van der Waals surface area contributed by atoms with Crippen LogP contribution in [-0.2, 0) is 16.1 Å². The van der Waals surface area contributed by atoms with Crippen molar-refractivity contribution in [3.05, 3.63) is 59.1 Å². The minimum atomic E-state index is -0.511. The summed E-state index contributed by atoms with van der Waals surface area (Å²) in [6, 6.07) is 14.5. The Balaban J connectivity index is 1.62. The molecule has 0 aliphatic heterocycles. The molecule has 2 aromatic rings. The number of ether oxygens (including phenoxy) is 2. The van der Waals surface area contributed by atoms with Crippen LogP contribution in [-0.4, -0.2) is 42.5 Å². The first-order chi connectivity index (χ1) is 17.0. The lowest BCUT2D eigenvalue weighted by Gasteiger charge is -2.33. The molecular weight excluding hydrogens is 464 g/mol. The molecular formula is C28H37ClN2O4. The third-order valence-electron chi connectivity index (χ3n) is 6.47. The SMILES string of the molecule is CC[C@@H](C(=O)NC1CCCCC1)N(Cc1ccc(Cl)cc1)C(=O)CCCOc1ccc(OC)cc1. The minimum Gasteiger partial charge on any atom is -0.497 e. The van der Waals surface area contributed by atoms with Crippen molar-refractivity contribution in [2.45, 2.75) is 76.9 Å². The van der Waals surface area contributed by atoms with E-state index in [9.17, 15) is 9.59 Å². The molecule has 3 rings (SSSR count). The van der Waals surface area contributed by atoms with Gasteiger partial charge < -0.3 is 19.7 Å². The molecule has 0 aromatic heterocycles. The number of carbonyl (C=O) groups is 2. The van der Waals surface area contributed by atoms with Crippen LogP contribution in [0.25, 0.3) is 0 Å². The summed E-state index contributed by atoms with van der Waals surface area (Å²) in [5.74, 6) is 1.39. The first kappa shape index (κ1) is 26.9. The van der Waals surface area contributed by atoms with Crippen LogP contribution >= 0.6 is 11.6 Å². The molecule has 2 amide bonds. The van der Waals surface area contributed by atoms with Gasteiger partial charge in [0.25, 0.3) is 0 Å². The van der Waals surface area contributed by atoms with Gasteiger partial charge in [0.1, 0.15) is 17.5 Å². The van der Waals surface area contributed by atoms with Crippen molar-refractivity contribution in [2.24, 2.45) is 0 Å². The lowest BCUT2D eigenvalue weighted by molar-refractivity contribution is -0.142. The highest BCUT2D eigenvalue weighted by molar-refractivity contribution is 6.30. The predicted octanol–water partition coefficient (Wildman–Crippen LogP) is 5.76. The van der Waals surface area contributed by atoms with Crippen molar-refractivity contribution in [1.82, 2.24) is 10.2 Å². The van der Waals surface area contributed by atoms with Gasteiger partial charge in [0.15, 0.2) is 0 Å². The quantitative estimate of drug-likeness (QED) is 0.376. The third-order valence-corrected chi connectivity index (χ3v) is 6.72. The second-order valence-corrected chi connectivity index (χ2v) is 9.48. The first-order valence-electron chi connectivity index (χ1n) is 12.6. The molecule has 6 nitrogen and oxygen atoms in total. The first-order valence-corrected chi connectivity index (χ1v) is 13.0. The lowest BCUT2D eigenvalue weighted by atomic mass is 9.95. The molecule has 7 heteroatoms. The van der Waals surface area contributed by atoms with E-state index in [1.807, 2.05) is 55.5 Å². The maximum atomic E-state index is 13.4. The molecule has 1 fully saturated rings. The van der Waals surface area contributed by atoms with Crippen LogP contribution in [0.4, 0.5) is 0 Å². The number of benzene rings is 2. The summed E-state index contributed by atoms with van der Waals surface area (Å²) in [6.45, 7) is 2.74. The number of rotatable bonds is 12. The topological polar surface area (TPSA) is 67.9 Å². The summed E-state index contributed by atoms with van der Waals surface area (Å²) in [5, 5.41) is 3.85. The summed E-state index contributed by atoms with van der Waals surface area (Å²) in [6.07, 6.45) is 6.95. The van der Waals surface area contributed by atoms with E-state index in [0.29, 0.717) is 37.4 Å². The summed E-state index contributed by atoms with van der Waals surface area (Å²) in [5.41, 5.74) is 0.946. The zero-order valence-corrected chi connectivity index (χ0v) is 21.6. The maximum Gasteiger partial charge on any atom is 0.243 e. The van der Waals surface area contributed by atoms with E-state index >= 15 is 0 Å². The van der Waals surface area contributed by atoms with Crippen LogP contribution in [0.3, 0.4) is 0 Å². The Kier molecular flexibility index (Phi) is 10.7. The summed E-state index contributed by atoms with van der Waals surface area (Å²) < 4.78 is 10.9. The molecule has 1 saturated carbocycles. The highest BCUT2D eigenvalue weighted by Gasteiger charge is 2.30. The van der Waals surface area contributed by atoms with Gasteiger partial charge in [-0.3, -0.25) is 9.59 Å². The number of amides is 2. The zero-order valence-electron chi connectivity index (χ0n) is 20.8. The van der Waals surface area contributed by atoms with E-state index < -0.39 is 6.04 Å². The van der Waals surface area contributed by atoms with Gasteiger partial charge in [-0.2, -0.15) is 0 Å². The Morgan fingerprint density at radius 1 is 1.03 bits per heavy atom. The summed E-state index contributed by atoms with van der Waals surface area (Å²) >= 11 is 6.05. The number of halogens is 1. The number of nitrogens with one attached hydrogen (secondary N) is 1. The van der Waals surface area contributed by atoms with Gasteiger partial charge in [0, 0.05) is 24.0 Å². The van der Waals surface area contributed by atoms with Crippen molar-refractivity contribution in [3.63, 3.8) is 0 Å². The fraction of sp³-hybridized carbons (Fsp3) is 0.500. The third kappa shape index (κ3) is 8.46. The van der Waals surface area contributed by atoms with Gasteiger partial charge >= 0.3 is 0 Å². The second kappa shape index (κ2) is 14.0. The van der Waals surface area contributed by atoms with Gasteiger partial charge in [-0.1, -0.05) is 49.9 Å². The molecule has 0 radical (unpaired) electrons. The molecule has 1 aliphatic rings. The Morgan fingerprint density at radius 3 is 2.31 bits per heavy atom. The average molecular weight is 501 g/mol. The van der Waals surface area contributed by atoms with Crippen LogP contribution in [0.5, 0.6) is 11.5 Å². The Hall–Kier alpha value is -2.73. The molecule has 0 unspecified atom stereocenters. The molecule has 1 atom stereocenters. The largest absolute Gasteiger partial charge is 0.497 e. The van der Waals surface area contributed by atoms with Crippen LogP contribution in [0.2, 0.25) is 5.02 Å². The maximum absolute atomic E-state index is 13.4. The summed E-state index contributed by atoms with van der Waals surface area (Å²) in [7, 11) is 1.62. The van der Waals surface area contributed by atoms with Gasteiger partial charge in [0.05, 0.1) is 13.7 Å². The van der Waals surface area contributed by atoms with E-state index in [-0.39, 0.29) is 17.9 Å². The molecule has 0 heterocycles. The van der Waals surface area contributed by atoms with Crippen molar-refractivity contribution < 1.29 is 19.1 Å². The zero-order chi connectivity index (χ0) is 25.0. The Bertz CT molecular complexity index is 927. The number of methoxy groups -OCH3 is 1. The van der Waals surface area contributed by atoms with Crippen molar-refractivity contribution in [3.8, 4) is 11.5 Å². The fourth-order valence-electron chi connectivity index (χ4n) is 4.48. The van der Waals surface area contributed by atoms with E-state index in [1.54, 1.807) is 12.0 Å². The van der Waals surface area contributed by atoms with Gasteiger partial charge in [0.2, 0.25) is 11.8 Å². The molecule has 1 aliphatic carbocycles. The minimum absolute atomic E-state index is 0.0519. The highest BCUT2D eigenvalue weighted by Crippen LogP contribution is 2.21. The van der Waals surface area contributed by atoms with E-state index in [2.05, 4.69) is 5.32 Å². The van der Waals surface area contributed by atoms with E-state index in [0.717, 1.165) is 42.7 Å². The Morgan fingerprint density at radius 2 is 1.69 bits per heavy atom. The van der Waals surface area contributed by atoms with Crippen LogP contribution in [0, 0.1) is 0 Å². The normalized spacial score (nSPS) is 14.7. The molecule has 35 heavy (non-hydrogen) atoms. The monoisotopic (exact) mass is 500 g/mol. The second-order valence-electron chi connectivity index (χ2n) is 9.04. The molecule has 0 spiro atoms. The smallest absolute Gasteiger partial charge is 0.243 e. The summed E-state index contributed by atoms with van der Waals surface area (Å²) in [4.78, 5) is 28.3. The molecule has 1 N–H and O–H groups in total. The molecule has 0 bridgehead atoms. The van der Waals surface area contributed by atoms with E-state index in [4.69, 9.17) is 21.1 Å². The van der Waals surface area contributed by atoms with Gasteiger partial charge in [-0.25, -0.2) is 0 Å². The molecule has 190 valence electrons. The van der Waals surface area contributed by atoms with E-state index in [1.165, 1.54) is 6.42 Å². The van der Waals surface area contributed by atoms with Crippen LogP contribution in [0.1, 0.15) is 63.9 Å². The molecule has 2 aromatic carbocycles. The van der Waals surface area contributed by atoms with Gasteiger partial charge in [-0.15, -0.1) is 0 Å². The predicted molar refractivity (Wildman–Crippen MR) is 139 cm³/mol. The highest BCUT2D eigenvalue weighted by atomic mass is 35.5. The number of carbonyl (C=O) groups excluding carboxylic acids is 2. The fourth-order valence-corrected chi connectivity index (χ4v) is 4.61. The van der Waals surface area contributed by atoms with Gasteiger partial charge in [-0.05, 0) is 67.6 Å². The van der Waals surface area contributed by atoms with Crippen molar-refractivity contribution >= 4 is 23.4 Å². The van der Waals surface area contributed by atoms with Crippen molar-refractivity contribution in [1.29, 1.82) is 0 Å². The molecule has 0 saturated heterocycles. The van der Waals surface area contributed by atoms with Crippen LogP contribution in [0.15, 0.2) is 48.5 Å². The average Bonchev–Trinajstić information content (AvgIpc) is 2.88. The van der Waals surface area contributed by atoms with Crippen LogP contribution < -0.4 is 14.8 Å². The number of hydrogen-bond donors (Lipinski definition) is 1. The number of hydrogen-bond acceptors (Lipinski definition) is 4. The Labute approximate surface area is 213 Å².